The van der Waals surface area contributed by atoms with Crippen molar-refractivity contribution in [2.75, 3.05) is 0 Å². The molecule has 0 aliphatic heterocycles. The van der Waals surface area contributed by atoms with Crippen molar-refractivity contribution >= 4 is 12.4 Å². The highest BCUT2D eigenvalue weighted by Gasteiger charge is 2.38. The molecule has 1 aliphatic carbocycles. The Morgan fingerprint density at radius 2 is 1.87 bits per heavy atom. The summed E-state index contributed by atoms with van der Waals surface area (Å²) >= 11 is 0. The second kappa shape index (κ2) is 6.49. The lowest BCUT2D eigenvalue weighted by atomic mass is 9.77. The fraction of sp³-hybridized carbons (Fsp3) is 0.529. The highest BCUT2D eigenvalue weighted by molar-refractivity contribution is 5.85. The molecule has 5 nitrogen and oxygen atoms in total. The van der Waals surface area contributed by atoms with Crippen LogP contribution < -0.4 is 10.5 Å². The Morgan fingerprint density at radius 1 is 1.22 bits per heavy atom. The normalized spacial score (nSPS) is 16.3. The van der Waals surface area contributed by atoms with Gasteiger partial charge in [-0.25, -0.2) is 0 Å². The topological polar surface area (TPSA) is 74.2 Å². The number of hydrogen-bond donors (Lipinski definition) is 1. The van der Waals surface area contributed by atoms with Crippen LogP contribution in [0.15, 0.2) is 28.8 Å². The van der Waals surface area contributed by atoms with Crippen LogP contribution in [0.5, 0.6) is 5.75 Å². The molecule has 0 bridgehead atoms. The van der Waals surface area contributed by atoms with Gasteiger partial charge in [-0.1, -0.05) is 38.1 Å². The van der Waals surface area contributed by atoms with Crippen molar-refractivity contribution in [2.45, 2.75) is 57.6 Å². The van der Waals surface area contributed by atoms with E-state index >= 15 is 0 Å². The number of benzene rings is 1. The van der Waals surface area contributed by atoms with Crippen LogP contribution in [-0.2, 0) is 17.6 Å². The molecule has 0 amide bonds. The number of hydrogen-bond acceptors (Lipinski definition) is 5. The maximum absolute atomic E-state index is 6.18. The van der Waals surface area contributed by atoms with Gasteiger partial charge in [-0.2, -0.15) is 4.98 Å². The molecule has 0 spiro atoms. The van der Waals surface area contributed by atoms with Gasteiger partial charge < -0.3 is 15.0 Å². The zero-order chi connectivity index (χ0) is 15.8. The average molecular weight is 338 g/mol. The van der Waals surface area contributed by atoms with Gasteiger partial charge in [0.1, 0.15) is 5.75 Å². The van der Waals surface area contributed by atoms with E-state index in [4.69, 9.17) is 15.0 Å². The first-order valence-corrected chi connectivity index (χ1v) is 7.72. The van der Waals surface area contributed by atoms with E-state index in [1.54, 1.807) is 0 Å². The molecular weight excluding hydrogens is 314 g/mol. The second-order valence-electron chi connectivity index (χ2n) is 7.08. The van der Waals surface area contributed by atoms with E-state index in [0.29, 0.717) is 11.7 Å². The molecule has 6 heteroatoms. The number of rotatable bonds is 4. The number of ether oxygens (including phenoxy) is 1. The molecule has 23 heavy (non-hydrogen) atoms. The number of aromatic nitrogens is 2. The molecule has 1 heterocycles. The molecule has 0 saturated heterocycles. The van der Waals surface area contributed by atoms with Gasteiger partial charge in [0.25, 0.3) is 5.89 Å². The Bertz CT molecular complexity index is 643. The molecule has 1 aliphatic rings. The summed E-state index contributed by atoms with van der Waals surface area (Å²) in [5.74, 6) is 1.85. The maximum Gasteiger partial charge on any atom is 0.264 e. The maximum atomic E-state index is 6.18. The lowest BCUT2D eigenvalue weighted by Gasteiger charge is -2.34. The van der Waals surface area contributed by atoms with Crippen LogP contribution >= 0.6 is 12.4 Å². The summed E-state index contributed by atoms with van der Waals surface area (Å²) in [5, 5.41) is 3.98. The van der Waals surface area contributed by atoms with E-state index < -0.39 is 5.54 Å². The minimum atomic E-state index is -0.393. The smallest absolute Gasteiger partial charge is 0.264 e. The van der Waals surface area contributed by atoms with E-state index in [-0.39, 0.29) is 24.4 Å². The zero-order valence-corrected chi connectivity index (χ0v) is 14.7. The standard InChI is InChI=1S/C17H23N3O2.ClH/c1-16(2,3)12-5-7-13(8-6-12)21-11-14-19-15(20-22-14)17(18)9-4-10-17;/h5-8H,4,9-11,18H2,1-3H3;1H. The van der Waals surface area contributed by atoms with Crippen LogP contribution in [0.3, 0.4) is 0 Å². The SMILES string of the molecule is CC(C)(C)c1ccc(OCc2nc(C3(N)CCC3)no2)cc1.Cl. The third-order valence-electron chi connectivity index (χ3n) is 4.24. The minimum absolute atomic E-state index is 0. The van der Waals surface area contributed by atoms with Crippen molar-refractivity contribution in [1.29, 1.82) is 0 Å². The third kappa shape index (κ3) is 3.85. The fourth-order valence-corrected chi connectivity index (χ4v) is 2.49. The quantitative estimate of drug-likeness (QED) is 0.920. The second-order valence-corrected chi connectivity index (χ2v) is 7.08. The van der Waals surface area contributed by atoms with Crippen molar-refractivity contribution in [3.63, 3.8) is 0 Å². The van der Waals surface area contributed by atoms with Crippen LogP contribution in [0.1, 0.15) is 57.3 Å². The van der Waals surface area contributed by atoms with E-state index in [0.717, 1.165) is 25.0 Å². The number of nitrogens with zero attached hydrogens (tertiary/aromatic N) is 2. The molecule has 3 rings (SSSR count). The Balaban J connectivity index is 0.00000192. The Morgan fingerprint density at radius 3 is 2.39 bits per heavy atom. The van der Waals surface area contributed by atoms with Gasteiger partial charge in [-0.05, 0) is 42.4 Å². The molecule has 0 atom stereocenters. The predicted octanol–water partition coefficient (Wildman–Crippen LogP) is 3.71. The van der Waals surface area contributed by atoms with Gasteiger partial charge in [0, 0.05) is 0 Å². The Hall–Kier alpha value is -1.59. The van der Waals surface area contributed by atoms with Crippen LogP contribution in [0, 0.1) is 0 Å². The van der Waals surface area contributed by atoms with Crippen LogP contribution in [0.4, 0.5) is 0 Å². The van der Waals surface area contributed by atoms with E-state index in [2.05, 4.69) is 43.0 Å². The summed E-state index contributed by atoms with van der Waals surface area (Å²) in [6.07, 6.45) is 2.96. The molecule has 1 saturated carbocycles. The van der Waals surface area contributed by atoms with Crippen molar-refractivity contribution < 1.29 is 9.26 Å². The van der Waals surface area contributed by atoms with E-state index in [1.807, 2.05) is 12.1 Å². The first kappa shape index (κ1) is 17.8. The largest absolute Gasteiger partial charge is 0.484 e. The van der Waals surface area contributed by atoms with E-state index in [1.165, 1.54) is 5.56 Å². The van der Waals surface area contributed by atoms with Crippen molar-refractivity contribution in [3.8, 4) is 5.75 Å². The van der Waals surface area contributed by atoms with Crippen molar-refractivity contribution in [3.05, 3.63) is 41.5 Å². The highest BCUT2D eigenvalue weighted by atomic mass is 35.5. The first-order valence-electron chi connectivity index (χ1n) is 7.72. The van der Waals surface area contributed by atoms with Crippen LogP contribution in [0.25, 0.3) is 0 Å². The fourth-order valence-electron chi connectivity index (χ4n) is 2.49. The lowest BCUT2D eigenvalue weighted by molar-refractivity contribution is 0.223. The summed E-state index contributed by atoms with van der Waals surface area (Å²) in [6, 6.07) is 8.10. The van der Waals surface area contributed by atoms with Gasteiger partial charge in [0.05, 0.1) is 5.54 Å². The van der Waals surface area contributed by atoms with Gasteiger partial charge in [0.15, 0.2) is 12.4 Å². The summed E-state index contributed by atoms with van der Waals surface area (Å²) in [7, 11) is 0. The van der Waals surface area contributed by atoms with Gasteiger partial charge in [-0.15, -0.1) is 12.4 Å². The third-order valence-corrected chi connectivity index (χ3v) is 4.24. The summed E-state index contributed by atoms with van der Waals surface area (Å²) < 4.78 is 10.9. The molecule has 0 radical (unpaired) electrons. The Labute approximate surface area is 143 Å². The number of halogens is 1. The zero-order valence-electron chi connectivity index (χ0n) is 13.8. The molecule has 0 unspecified atom stereocenters. The predicted molar refractivity (Wildman–Crippen MR) is 90.7 cm³/mol. The molecule has 2 N–H and O–H groups in total. The molecule has 2 aromatic rings. The summed E-state index contributed by atoms with van der Waals surface area (Å²) in [5.41, 5.74) is 7.19. The molecule has 1 aromatic heterocycles. The van der Waals surface area contributed by atoms with Crippen molar-refractivity contribution in [2.24, 2.45) is 5.73 Å². The molecule has 1 fully saturated rings. The lowest BCUT2D eigenvalue weighted by Crippen LogP contribution is -2.44. The van der Waals surface area contributed by atoms with Crippen LogP contribution in [0.2, 0.25) is 0 Å². The van der Waals surface area contributed by atoms with E-state index in [9.17, 15) is 0 Å². The molecule has 126 valence electrons. The molecule has 1 aromatic carbocycles. The van der Waals surface area contributed by atoms with Gasteiger partial charge >= 0.3 is 0 Å². The Kier molecular flexibility index (Phi) is 5.01. The molecular formula is C17H24ClN3O2. The average Bonchev–Trinajstić information content (AvgIpc) is 2.91. The minimum Gasteiger partial charge on any atom is -0.484 e. The van der Waals surface area contributed by atoms with Gasteiger partial charge in [-0.3, -0.25) is 0 Å². The van der Waals surface area contributed by atoms with Crippen LogP contribution in [-0.4, -0.2) is 10.1 Å². The van der Waals surface area contributed by atoms with Crippen molar-refractivity contribution in [1.82, 2.24) is 10.1 Å². The number of nitrogens with two attached hydrogens (primary N) is 1. The first-order chi connectivity index (χ1) is 10.4. The highest BCUT2D eigenvalue weighted by Crippen LogP contribution is 2.36. The van der Waals surface area contributed by atoms with Gasteiger partial charge in [0.2, 0.25) is 0 Å². The summed E-state index contributed by atoms with van der Waals surface area (Å²) in [6.45, 7) is 6.82. The monoisotopic (exact) mass is 337 g/mol. The summed E-state index contributed by atoms with van der Waals surface area (Å²) in [4.78, 5) is 4.35.